The minimum absolute atomic E-state index is 0.103. The van der Waals surface area contributed by atoms with E-state index in [1.54, 1.807) is 0 Å². The van der Waals surface area contributed by atoms with Crippen molar-refractivity contribution in [1.82, 2.24) is 5.32 Å². The molecule has 0 heterocycles. The number of nitrogens with zero attached hydrogens (tertiary/aromatic N) is 1. The number of ether oxygens (including phenoxy) is 1. The van der Waals surface area contributed by atoms with E-state index in [1.165, 1.54) is 5.56 Å². The maximum atomic E-state index is 8.67. The van der Waals surface area contributed by atoms with Crippen LogP contribution in [0.25, 0.3) is 0 Å². The normalized spacial score (nSPS) is 15.0. The Hall–Kier alpha value is -1.75. The molecule has 1 rings (SSSR count). The van der Waals surface area contributed by atoms with E-state index in [0.717, 1.165) is 12.2 Å². The third kappa shape index (κ3) is 5.18. The van der Waals surface area contributed by atoms with Gasteiger partial charge in [0.15, 0.2) is 5.84 Å². The Bertz CT molecular complexity index is 404. The van der Waals surface area contributed by atoms with Crippen LogP contribution in [0.4, 0.5) is 0 Å². The fraction of sp³-hybridized carbons (Fsp3) is 0.500. The Morgan fingerprint density at radius 3 is 2.58 bits per heavy atom. The van der Waals surface area contributed by atoms with Gasteiger partial charge in [0, 0.05) is 6.04 Å². The van der Waals surface area contributed by atoms with E-state index in [-0.39, 0.29) is 17.9 Å². The zero-order valence-corrected chi connectivity index (χ0v) is 11.8. The van der Waals surface area contributed by atoms with Gasteiger partial charge < -0.3 is 21.0 Å². The van der Waals surface area contributed by atoms with Gasteiger partial charge in [-0.3, -0.25) is 0 Å². The third-order valence-corrected chi connectivity index (χ3v) is 2.89. The molecule has 0 aromatic heterocycles. The van der Waals surface area contributed by atoms with E-state index >= 15 is 0 Å². The molecule has 0 aliphatic heterocycles. The van der Waals surface area contributed by atoms with Crippen molar-refractivity contribution >= 4 is 5.84 Å². The standard InChI is InChI=1S/C14H23N3O2/c1-4-13(14(15)17-18)16-11(3)9-19-12-7-5-10(2)6-8-12/h5-8,11,13,16,18H,4,9H2,1-3H3,(H2,15,17). The summed E-state index contributed by atoms with van der Waals surface area (Å²) in [6.07, 6.45) is 0.755. The van der Waals surface area contributed by atoms with Crippen molar-refractivity contribution in [2.75, 3.05) is 6.61 Å². The molecule has 0 fully saturated rings. The van der Waals surface area contributed by atoms with E-state index in [1.807, 2.05) is 45.0 Å². The molecule has 0 bridgehead atoms. The van der Waals surface area contributed by atoms with E-state index in [0.29, 0.717) is 6.61 Å². The number of rotatable bonds is 7. The number of nitrogens with two attached hydrogens (primary N) is 1. The van der Waals surface area contributed by atoms with Gasteiger partial charge in [-0.05, 0) is 32.4 Å². The minimum atomic E-state index is -0.137. The fourth-order valence-corrected chi connectivity index (χ4v) is 1.73. The van der Waals surface area contributed by atoms with Crippen LogP contribution in [0.5, 0.6) is 5.75 Å². The number of oxime groups is 1. The first kappa shape index (κ1) is 15.3. The van der Waals surface area contributed by atoms with Gasteiger partial charge in [0.1, 0.15) is 12.4 Å². The molecular formula is C14H23N3O2. The lowest BCUT2D eigenvalue weighted by atomic mass is 10.2. The summed E-state index contributed by atoms with van der Waals surface area (Å²) >= 11 is 0. The van der Waals surface area contributed by atoms with Crippen molar-refractivity contribution in [3.8, 4) is 5.75 Å². The SMILES string of the molecule is CCC(NC(C)COc1ccc(C)cc1)C(N)=NO. The molecule has 4 N–H and O–H groups in total. The lowest BCUT2D eigenvalue weighted by Crippen LogP contribution is -2.47. The van der Waals surface area contributed by atoms with Gasteiger partial charge in [-0.25, -0.2) is 0 Å². The summed E-state index contributed by atoms with van der Waals surface area (Å²) in [6, 6.07) is 7.89. The average molecular weight is 265 g/mol. The highest BCUT2D eigenvalue weighted by molar-refractivity contribution is 5.85. The quantitative estimate of drug-likeness (QED) is 0.304. The molecule has 0 aliphatic rings. The van der Waals surface area contributed by atoms with Crippen LogP contribution in [0, 0.1) is 6.92 Å². The summed E-state index contributed by atoms with van der Waals surface area (Å²) in [5.41, 5.74) is 6.80. The first-order chi connectivity index (χ1) is 9.06. The monoisotopic (exact) mass is 265 g/mol. The van der Waals surface area contributed by atoms with E-state index in [9.17, 15) is 0 Å². The maximum Gasteiger partial charge on any atom is 0.156 e. The minimum Gasteiger partial charge on any atom is -0.492 e. The Morgan fingerprint density at radius 1 is 1.42 bits per heavy atom. The van der Waals surface area contributed by atoms with Crippen LogP contribution >= 0.6 is 0 Å². The molecule has 1 aromatic carbocycles. The first-order valence-corrected chi connectivity index (χ1v) is 6.49. The van der Waals surface area contributed by atoms with Crippen molar-refractivity contribution in [2.24, 2.45) is 10.9 Å². The molecule has 2 unspecified atom stereocenters. The number of aryl methyl sites for hydroxylation is 1. The Morgan fingerprint density at radius 2 is 2.05 bits per heavy atom. The van der Waals surface area contributed by atoms with Crippen LogP contribution in [0.1, 0.15) is 25.8 Å². The smallest absolute Gasteiger partial charge is 0.156 e. The second-order valence-electron chi connectivity index (χ2n) is 4.68. The summed E-state index contributed by atoms with van der Waals surface area (Å²) in [4.78, 5) is 0. The largest absolute Gasteiger partial charge is 0.492 e. The molecule has 0 radical (unpaired) electrons. The molecule has 0 amide bonds. The van der Waals surface area contributed by atoms with Crippen LogP contribution in [-0.2, 0) is 0 Å². The van der Waals surface area contributed by atoms with Crippen molar-refractivity contribution in [2.45, 2.75) is 39.3 Å². The molecule has 0 saturated carbocycles. The number of benzene rings is 1. The second-order valence-corrected chi connectivity index (χ2v) is 4.68. The molecule has 0 aliphatic carbocycles. The van der Waals surface area contributed by atoms with Crippen LogP contribution in [-0.4, -0.2) is 29.7 Å². The van der Waals surface area contributed by atoms with Crippen LogP contribution in [0.3, 0.4) is 0 Å². The number of hydrogen-bond acceptors (Lipinski definition) is 4. The Balaban J connectivity index is 2.42. The summed E-state index contributed by atoms with van der Waals surface area (Å²) in [7, 11) is 0. The third-order valence-electron chi connectivity index (χ3n) is 2.89. The van der Waals surface area contributed by atoms with Gasteiger partial charge >= 0.3 is 0 Å². The zero-order valence-electron chi connectivity index (χ0n) is 11.8. The van der Waals surface area contributed by atoms with Crippen molar-refractivity contribution in [3.63, 3.8) is 0 Å². The van der Waals surface area contributed by atoms with Gasteiger partial charge in [0.2, 0.25) is 0 Å². The average Bonchev–Trinajstić information content (AvgIpc) is 2.43. The number of nitrogens with one attached hydrogen (secondary N) is 1. The predicted octanol–water partition coefficient (Wildman–Crippen LogP) is 1.88. The van der Waals surface area contributed by atoms with Crippen molar-refractivity contribution in [1.29, 1.82) is 0 Å². The summed E-state index contributed by atoms with van der Waals surface area (Å²) < 4.78 is 5.68. The van der Waals surface area contributed by atoms with E-state index in [2.05, 4.69) is 10.5 Å². The summed E-state index contributed by atoms with van der Waals surface area (Å²) in [5, 5.41) is 15.0. The van der Waals surface area contributed by atoms with Gasteiger partial charge in [0.05, 0.1) is 6.04 Å². The summed E-state index contributed by atoms with van der Waals surface area (Å²) in [5.74, 6) is 1.04. The predicted molar refractivity (Wildman–Crippen MR) is 76.8 cm³/mol. The molecule has 0 spiro atoms. The van der Waals surface area contributed by atoms with E-state index in [4.69, 9.17) is 15.7 Å². The van der Waals surface area contributed by atoms with Crippen molar-refractivity contribution < 1.29 is 9.94 Å². The molecular weight excluding hydrogens is 242 g/mol. The zero-order chi connectivity index (χ0) is 14.3. The van der Waals surface area contributed by atoms with Gasteiger partial charge in [-0.2, -0.15) is 0 Å². The first-order valence-electron chi connectivity index (χ1n) is 6.49. The topological polar surface area (TPSA) is 79.9 Å². The highest BCUT2D eigenvalue weighted by atomic mass is 16.5. The van der Waals surface area contributed by atoms with Gasteiger partial charge in [-0.1, -0.05) is 29.8 Å². The fourth-order valence-electron chi connectivity index (χ4n) is 1.73. The number of amidine groups is 1. The molecule has 5 heteroatoms. The molecule has 5 nitrogen and oxygen atoms in total. The number of hydrogen-bond donors (Lipinski definition) is 3. The Labute approximate surface area is 114 Å². The van der Waals surface area contributed by atoms with Gasteiger partial charge in [-0.15, -0.1) is 0 Å². The lowest BCUT2D eigenvalue weighted by Gasteiger charge is -2.21. The van der Waals surface area contributed by atoms with Gasteiger partial charge in [0.25, 0.3) is 0 Å². The highest BCUT2D eigenvalue weighted by Gasteiger charge is 2.14. The Kier molecular flexibility index (Phi) is 6.15. The van der Waals surface area contributed by atoms with Crippen LogP contribution in [0.15, 0.2) is 29.4 Å². The molecule has 2 atom stereocenters. The molecule has 106 valence electrons. The van der Waals surface area contributed by atoms with Crippen molar-refractivity contribution in [3.05, 3.63) is 29.8 Å². The van der Waals surface area contributed by atoms with E-state index < -0.39 is 0 Å². The summed E-state index contributed by atoms with van der Waals surface area (Å²) in [6.45, 7) is 6.54. The molecule has 0 saturated heterocycles. The lowest BCUT2D eigenvalue weighted by molar-refractivity contribution is 0.265. The maximum absolute atomic E-state index is 8.67. The van der Waals surface area contributed by atoms with Crippen LogP contribution in [0.2, 0.25) is 0 Å². The highest BCUT2D eigenvalue weighted by Crippen LogP contribution is 2.11. The van der Waals surface area contributed by atoms with Crippen LogP contribution < -0.4 is 15.8 Å². The molecule has 1 aromatic rings. The molecule has 19 heavy (non-hydrogen) atoms. The second kappa shape index (κ2) is 7.63.